The molecule has 2 rings (SSSR count). The normalized spacial score (nSPS) is 34.0. The zero-order valence-electron chi connectivity index (χ0n) is 10.2. The van der Waals surface area contributed by atoms with Gasteiger partial charge in [-0.25, -0.2) is 0 Å². The molecule has 0 spiro atoms. The van der Waals surface area contributed by atoms with Gasteiger partial charge in [-0.2, -0.15) is 0 Å². The predicted molar refractivity (Wildman–Crippen MR) is 63.0 cm³/mol. The zero-order chi connectivity index (χ0) is 10.7. The largest absolute Gasteiger partial charge is 0.374 e. The highest BCUT2D eigenvalue weighted by Crippen LogP contribution is 2.41. The average molecular weight is 211 g/mol. The van der Waals surface area contributed by atoms with Crippen molar-refractivity contribution in [1.29, 1.82) is 0 Å². The van der Waals surface area contributed by atoms with Crippen LogP contribution in [0.15, 0.2) is 0 Å². The van der Waals surface area contributed by atoms with Crippen LogP contribution in [0.4, 0.5) is 0 Å². The Morgan fingerprint density at radius 3 is 2.73 bits per heavy atom. The molecule has 88 valence electrons. The van der Waals surface area contributed by atoms with Crippen molar-refractivity contribution in [2.45, 2.75) is 64.0 Å². The Labute approximate surface area is 93.8 Å². The fourth-order valence-electron chi connectivity index (χ4n) is 2.81. The minimum Gasteiger partial charge on any atom is -0.374 e. The Hall–Kier alpha value is -0.0800. The van der Waals surface area contributed by atoms with E-state index in [4.69, 9.17) is 4.74 Å². The highest BCUT2D eigenvalue weighted by atomic mass is 16.5. The first-order chi connectivity index (χ1) is 7.26. The van der Waals surface area contributed by atoms with Gasteiger partial charge in [0.15, 0.2) is 0 Å². The van der Waals surface area contributed by atoms with Crippen LogP contribution in [0.5, 0.6) is 0 Å². The van der Waals surface area contributed by atoms with Crippen molar-refractivity contribution in [1.82, 2.24) is 5.32 Å². The van der Waals surface area contributed by atoms with E-state index in [-0.39, 0.29) is 5.60 Å². The molecule has 0 aromatic carbocycles. The van der Waals surface area contributed by atoms with E-state index in [1.165, 1.54) is 38.5 Å². The van der Waals surface area contributed by atoms with Crippen molar-refractivity contribution in [2.75, 3.05) is 13.2 Å². The number of rotatable bonds is 5. The maximum Gasteiger partial charge on any atom is 0.0809 e. The molecule has 2 unspecified atom stereocenters. The summed E-state index contributed by atoms with van der Waals surface area (Å²) in [7, 11) is 0. The molecule has 1 N–H and O–H groups in total. The summed E-state index contributed by atoms with van der Waals surface area (Å²) in [6, 6.07) is 0.609. The van der Waals surface area contributed by atoms with E-state index in [0.29, 0.717) is 6.04 Å². The molecule has 0 bridgehead atoms. The minimum absolute atomic E-state index is 0.120. The SMILES string of the molecule is CCCNC(C1CC1)C1(C)CCCCO1. The van der Waals surface area contributed by atoms with Gasteiger partial charge in [0.2, 0.25) is 0 Å². The summed E-state index contributed by atoms with van der Waals surface area (Å²) < 4.78 is 6.06. The minimum atomic E-state index is 0.120. The second-order valence-corrected chi connectivity index (χ2v) is 5.39. The van der Waals surface area contributed by atoms with Gasteiger partial charge < -0.3 is 10.1 Å². The molecular weight excluding hydrogens is 186 g/mol. The molecule has 2 nitrogen and oxygen atoms in total. The predicted octanol–water partition coefficient (Wildman–Crippen LogP) is 2.72. The van der Waals surface area contributed by atoms with E-state index in [1.54, 1.807) is 0 Å². The quantitative estimate of drug-likeness (QED) is 0.755. The molecule has 2 heteroatoms. The maximum atomic E-state index is 6.06. The first-order valence-corrected chi connectivity index (χ1v) is 6.63. The molecule has 1 saturated carbocycles. The fraction of sp³-hybridized carbons (Fsp3) is 1.00. The van der Waals surface area contributed by atoms with Crippen LogP contribution in [0.2, 0.25) is 0 Å². The third-order valence-corrected chi connectivity index (χ3v) is 3.86. The summed E-state index contributed by atoms with van der Waals surface area (Å²) in [4.78, 5) is 0. The van der Waals surface area contributed by atoms with E-state index in [9.17, 15) is 0 Å². The molecular formula is C13H25NO. The van der Waals surface area contributed by atoms with Crippen LogP contribution in [0.25, 0.3) is 0 Å². The van der Waals surface area contributed by atoms with Crippen molar-refractivity contribution >= 4 is 0 Å². The summed E-state index contributed by atoms with van der Waals surface area (Å²) in [5.74, 6) is 0.889. The second-order valence-electron chi connectivity index (χ2n) is 5.39. The van der Waals surface area contributed by atoms with Crippen molar-refractivity contribution in [3.05, 3.63) is 0 Å². The van der Waals surface area contributed by atoms with Crippen molar-refractivity contribution in [2.24, 2.45) is 5.92 Å². The molecule has 0 radical (unpaired) electrons. The lowest BCUT2D eigenvalue weighted by Gasteiger charge is -2.41. The fourth-order valence-corrected chi connectivity index (χ4v) is 2.81. The van der Waals surface area contributed by atoms with Crippen molar-refractivity contribution in [3.8, 4) is 0 Å². The smallest absolute Gasteiger partial charge is 0.0809 e. The number of nitrogens with one attached hydrogen (secondary N) is 1. The van der Waals surface area contributed by atoms with Gasteiger partial charge in [0.05, 0.1) is 5.60 Å². The Morgan fingerprint density at radius 1 is 1.40 bits per heavy atom. The van der Waals surface area contributed by atoms with Crippen LogP contribution in [0.3, 0.4) is 0 Å². The Bertz CT molecular complexity index is 195. The number of hydrogen-bond acceptors (Lipinski definition) is 2. The standard InChI is InChI=1S/C13H25NO/c1-3-9-14-12(11-6-7-11)13(2)8-4-5-10-15-13/h11-12,14H,3-10H2,1-2H3. The highest BCUT2D eigenvalue weighted by Gasteiger charge is 2.44. The number of ether oxygens (including phenoxy) is 1. The van der Waals surface area contributed by atoms with Gasteiger partial charge in [-0.05, 0) is 57.9 Å². The molecule has 1 saturated heterocycles. The molecule has 2 aliphatic rings. The summed E-state index contributed by atoms with van der Waals surface area (Å²) >= 11 is 0. The number of hydrogen-bond donors (Lipinski definition) is 1. The van der Waals surface area contributed by atoms with Crippen molar-refractivity contribution < 1.29 is 4.74 Å². The van der Waals surface area contributed by atoms with Gasteiger partial charge in [-0.1, -0.05) is 6.92 Å². The van der Waals surface area contributed by atoms with Gasteiger partial charge >= 0.3 is 0 Å². The maximum absolute atomic E-state index is 6.06. The molecule has 0 amide bonds. The van der Waals surface area contributed by atoms with Crippen LogP contribution in [-0.2, 0) is 4.74 Å². The Kier molecular flexibility index (Phi) is 3.68. The van der Waals surface area contributed by atoms with E-state index in [1.807, 2.05) is 0 Å². The van der Waals surface area contributed by atoms with E-state index in [2.05, 4.69) is 19.2 Å². The van der Waals surface area contributed by atoms with Gasteiger partial charge in [-0.15, -0.1) is 0 Å². The third-order valence-electron chi connectivity index (χ3n) is 3.86. The molecule has 2 atom stereocenters. The molecule has 0 aromatic heterocycles. The Morgan fingerprint density at radius 2 is 2.20 bits per heavy atom. The lowest BCUT2D eigenvalue weighted by atomic mass is 9.85. The summed E-state index contributed by atoms with van der Waals surface area (Å²) in [5.41, 5.74) is 0.120. The monoisotopic (exact) mass is 211 g/mol. The zero-order valence-corrected chi connectivity index (χ0v) is 10.2. The lowest BCUT2D eigenvalue weighted by Crippen LogP contribution is -2.53. The topological polar surface area (TPSA) is 21.3 Å². The molecule has 1 aliphatic carbocycles. The lowest BCUT2D eigenvalue weighted by molar-refractivity contribution is -0.0929. The average Bonchev–Trinajstić information content (AvgIpc) is 3.03. The summed E-state index contributed by atoms with van der Waals surface area (Å²) in [6.07, 6.45) is 7.86. The van der Waals surface area contributed by atoms with Gasteiger partial charge in [-0.3, -0.25) is 0 Å². The van der Waals surface area contributed by atoms with Crippen LogP contribution < -0.4 is 5.32 Å². The van der Waals surface area contributed by atoms with Crippen molar-refractivity contribution in [3.63, 3.8) is 0 Å². The van der Waals surface area contributed by atoms with Crippen LogP contribution >= 0.6 is 0 Å². The van der Waals surface area contributed by atoms with E-state index in [0.717, 1.165) is 19.1 Å². The highest BCUT2D eigenvalue weighted by molar-refractivity contribution is 5.00. The Balaban J connectivity index is 1.94. The molecule has 0 aromatic rings. The first-order valence-electron chi connectivity index (χ1n) is 6.63. The van der Waals surface area contributed by atoms with E-state index >= 15 is 0 Å². The third kappa shape index (κ3) is 2.73. The van der Waals surface area contributed by atoms with Crippen LogP contribution in [-0.4, -0.2) is 24.8 Å². The first kappa shape index (κ1) is 11.4. The van der Waals surface area contributed by atoms with Gasteiger partial charge in [0.25, 0.3) is 0 Å². The summed E-state index contributed by atoms with van der Waals surface area (Å²) in [6.45, 7) is 6.66. The molecule has 1 heterocycles. The van der Waals surface area contributed by atoms with E-state index < -0.39 is 0 Å². The second kappa shape index (κ2) is 4.84. The molecule has 15 heavy (non-hydrogen) atoms. The van der Waals surface area contributed by atoms with Gasteiger partial charge in [0, 0.05) is 12.6 Å². The summed E-state index contributed by atoms with van der Waals surface area (Å²) in [5, 5.41) is 3.72. The molecule has 2 fully saturated rings. The van der Waals surface area contributed by atoms with Crippen LogP contribution in [0.1, 0.15) is 52.4 Å². The van der Waals surface area contributed by atoms with Crippen LogP contribution in [0, 0.1) is 5.92 Å². The molecule has 1 aliphatic heterocycles. The van der Waals surface area contributed by atoms with Gasteiger partial charge in [0.1, 0.15) is 0 Å².